The van der Waals surface area contributed by atoms with Crippen molar-refractivity contribution in [1.82, 2.24) is 15.4 Å². The Morgan fingerprint density at radius 1 is 1.22 bits per heavy atom. The van der Waals surface area contributed by atoms with Gasteiger partial charge in [-0.1, -0.05) is 18.2 Å². The number of guanidine groups is 1. The van der Waals surface area contributed by atoms with Crippen molar-refractivity contribution in [2.45, 2.75) is 13.3 Å². The second-order valence-electron chi connectivity index (χ2n) is 4.70. The quantitative estimate of drug-likeness (QED) is 0.236. The lowest BCUT2D eigenvalue weighted by molar-refractivity contribution is 0.588. The van der Waals surface area contributed by atoms with E-state index in [1.54, 1.807) is 18.2 Å². The summed E-state index contributed by atoms with van der Waals surface area (Å²) in [5.41, 5.74) is 0.643. The summed E-state index contributed by atoms with van der Waals surface area (Å²) in [5, 5.41) is 6.14. The third-order valence-electron chi connectivity index (χ3n) is 2.73. The van der Waals surface area contributed by atoms with Crippen LogP contribution in [0.2, 0.25) is 0 Å². The van der Waals surface area contributed by atoms with Gasteiger partial charge in [-0.25, -0.2) is 17.5 Å². The third-order valence-corrected chi connectivity index (χ3v) is 3.46. The van der Waals surface area contributed by atoms with E-state index in [-0.39, 0.29) is 36.3 Å². The molecule has 0 unspecified atom stereocenters. The average Bonchev–Trinajstić information content (AvgIpc) is 2.44. The number of sulfonamides is 1. The van der Waals surface area contributed by atoms with Crippen molar-refractivity contribution in [2.24, 2.45) is 4.99 Å². The maximum Gasteiger partial charge on any atom is 0.208 e. The predicted octanol–water partition coefficient (Wildman–Crippen LogP) is 1.09. The minimum absolute atomic E-state index is 0. The second-order valence-corrected chi connectivity index (χ2v) is 6.53. The van der Waals surface area contributed by atoms with Crippen LogP contribution in [-0.2, 0) is 16.4 Å². The average molecular weight is 458 g/mol. The Morgan fingerprint density at radius 3 is 2.52 bits per heavy atom. The Hall–Kier alpha value is -0.940. The molecular formula is C14H24FIN4O2S. The maximum atomic E-state index is 13.5. The first-order valence-corrected chi connectivity index (χ1v) is 9.01. The molecule has 1 aromatic rings. The number of halogens is 2. The van der Waals surface area contributed by atoms with Crippen LogP contribution < -0.4 is 15.4 Å². The number of aliphatic imine (C=N–C) groups is 1. The smallest absolute Gasteiger partial charge is 0.208 e. The summed E-state index contributed by atoms with van der Waals surface area (Å²) in [6, 6.07) is 6.64. The highest BCUT2D eigenvalue weighted by atomic mass is 127. The van der Waals surface area contributed by atoms with Crippen LogP contribution in [0.15, 0.2) is 29.3 Å². The Balaban J connectivity index is 0.00000484. The summed E-state index contributed by atoms with van der Waals surface area (Å²) in [6.07, 6.45) is 1.65. The maximum absolute atomic E-state index is 13.5. The fraction of sp³-hybridized carbons (Fsp3) is 0.500. The van der Waals surface area contributed by atoms with Gasteiger partial charge in [0.05, 0.1) is 12.8 Å². The summed E-state index contributed by atoms with van der Waals surface area (Å²) in [5.74, 6) is 0.359. The van der Waals surface area contributed by atoms with Gasteiger partial charge in [0.2, 0.25) is 10.0 Å². The van der Waals surface area contributed by atoms with E-state index in [1.165, 1.54) is 6.07 Å². The fourth-order valence-electron chi connectivity index (χ4n) is 1.76. The molecule has 3 N–H and O–H groups in total. The van der Waals surface area contributed by atoms with Gasteiger partial charge in [0.25, 0.3) is 0 Å². The number of hydrogen-bond acceptors (Lipinski definition) is 3. The molecule has 0 spiro atoms. The van der Waals surface area contributed by atoms with Crippen molar-refractivity contribution < 1.29 is 12.8 Å². The van der Waals surface area contributed by atoms with Gasteiger partial charge in [-0.2, -0.15) is 0 Å². The Bertz CT molecular complexity index is 596. The van der Waals surface area contributed by atoms with Crippen molar-refractivity contribution in [3.8, 4) is 0 Å². The van der Waals surface area contributed by atoms with E-state index in [9.17, 15) is 12.8 Å². The van der Waals surface area contributed by atoms with Crippen LogP contribution in [0, 0.1) is 5.82 Å². The molecule has 0 heterocycles. The van der Waals surface area contributed by atoms with Crippen molar-refractivity contribution >= 4 is 40.0 Å². The standard InChI is InChI=1S/C14H23FN4O2S.HI/c1-3-16-14(18-10-11-19-22(2,20)21)17-9-8-12-6-4-5-7-13(12)15;/h4-7,19H,3,8-11H2,1-2H3,(H2,16,17,18);1H. The van der Waals surface area contributed by atoms with Gasteiger partial charge in [-0.05, 0) is 25.0 Å². The molecule has 0 saturated carbocycles. The zero-order chi connectivity index (χ0) is 16.4. The molecule has 1 aromatic carbocycles. The van der Waals surface area contributed by atoms with E-state index in [4.69, 9.17) is 0 Å². The third kappa shape index (κ3) is 10.4. The number of nitrogens with one attached hydrogen (secondary N) is 3. The van der Waals surface area contributed by atoms with Gasteiger partial charge in [0.15, 0.2) is 5.96 Å². The van der Waals surface area contributed by atoms with Crippen molar-refractivity contribution in [3.63, 3.8) is 0 Å². The minimum atomic E-state index is -3.19. The molecule has 0 bridgehead atoms. The lowest BCUT2D eigenvalue weighted by Gasteiger charge is -2.11. The summed E-state index contributed by atoms with van der Waals surface area (Å²) in [6.45, 7) is 3.71. The molecule has 0 aliphatic rings. The minimum Gasteiger partial charge on any atom is -0.357 e. The molecule has 23 heavy (non-hydrogen) atoms. The van der Waals surface area contributed by atoms with Crippen LogP contribution in [0.25, 0.3) is 0 Å². The first-order valence-electron chi connectivity index (χ1n) is 7.12. The molecule has 0 saturated heterocycles. The first kappa shape index (κ1) is 22.1. The second kappa shape index (κ2) is 11.6. The normalized spacial score (nSPS) is 11.7. The molecule has 0 aliphatic heterocycles. The zero-order valence-electron chi connectivity index (χ0n) is 13.3. The van der Waals surface area contributed by atoms with Crippen molar-refractivity contribution in [3.05, 3.63) is 35.6 Å². The Morgan fingerprint density at radius 2 is 1.91 bits per heavy atom. The molecule has 0 atom stereocenters. The van der Waals surface area contributed by atoms with E-state index >= 15 is 0 Å². The Kier molecular flexibility index (Phi) is 11.1. The van der Waals surface area contributed by atoms with Gasteiger partial charge >= 0.3 is 0 Å². The number of benzene rings is 1. The van der Waals surface area contributed by atoms with Crippen LogP contribution in [0.4, 0.5) is 4.39 Å². The molecule has 0 aliphatic carbocycles. The Labute approximate surface area is 154 Å². The summed E-state index contributed by atoms with van der Waals surface area (Å²) in [7, 11) is -3.19. The van der Waals surface area contributed by atoms with Crippen LogP contribution >= 0.6 is 24.0 Å². The lowest BCUT2D eigenvalue weighted by Crippen LogP contribution is -2.39. The first-order chi connectivity index (χ1) is 10.4. The molecule has 1 rings (SSSR count). The van der Waals surface area contributed by atoms with Gasteiger partial charge in [-0.15, -0.1) is 24.0 Å². The van der Waals surface area contributed by atoms with E-state index < -0.39 is 10.0 Å². The monoisotopic (exact) mass is 458 g/mol. The molecule has 132 valence electrons. The lowest BCUT2D eigenvalue weighted by atomic mass is 10.1. The van der Waals surface area contributed by atoms with Crippen LogP contribution in [0.3, 0.4) is 0 Å². The predicted molar refractivity (Wildman–Crippen MR) is 102 cm³/mol. The SMILES string of the molecule is CCNC(=NCCNS(C)(=O)=O)NCCc1ccccc1F.I. The molecular weight excluding hydrogens is 434 g/mol. The van der Waals surface area contributed by atoms with Gasteiger partial charge < -0.3 is 10.6 Å². The fourth-order valence-corrected chi connectivity index (χ4v) is 2.22. The van der Waals surface area contributed by atoms with Crippen LogP contribution in [-0.4, -0.2) is 46.8 Å². The summed E-state index contributed by atoms with van der Waals surface area (Å²) < 4.78 is 37.7. The van der Waals surface area contributed by atoms with E-state index in [0.717, 1.165) is 6.26 Å². The molecule has 9 heteroatoms. The highest BCUT2D eigenvalue weighted by molar-refractivity contribution is 14.0. The number of hydrogen-bond donors (Lipinski definition) is 3. The molecule has 0 radical (unpaired) electrons. The van der Waals surface area contributed by atoms with Crippen LogP contribution in [0.1, 0.15) is 12.5 Å². The highest BCUT2D eigenvalue weighted by Gasteiger charge is 2.02. The van der Waals surface area contributed by atoms with Crippen LogP contribution in [0.5, 0.6) is 0 Å². The summed E-state index contributed by atoms with van der Waals surface area (Å²) >= 11 is 0. The largest absolute Gasteiger partial charge is 0.357 e. The van der Waals surface area contributed by atoms with Gasteiger partial charge in [0, 0.05) is 19.6 Å². The molecule has 0 fully saturated rings. The van der Waals surface area contributed by atoms with Gasteiger partial charge in [-0.3, -0.25) is 4.99 Å². The summed E-state index contributed by atoms with van der Waals surface area (Å²) in [4.78, 5) is 4.24. The van der Waals surface area contributed by atoms with Crippen molar-refractivity contribution in [2.75, 3.05) is 32.4 Å². The molecule has 0 aromatic heterocycles. The van der Waals surface area contributed by atoms with E-state index in [2.05, 4.69) is 20.3 Å². The zero-order valence-corrected chi connectivity index (χ0v) is 16.4. The van der Waals surface area contributed by atoms with E-state index in [0.29, 0.717) is 37.6 Å². The van der Waals surface area contributed by atoms with Gasteiger partial charge in [0.1, 0.15) is 5.82 Å². The molecule has 6 nitrogen and oxygen atoms in total. The number of nitrogens with zero attached hydrogens (tertiary/aromatic N) is 1. The topological polar surface area (TPSA) is 82.6 Å². The highest BCUT2D eigenvalue weighted by Crippen LogP contribution is 2.05. The van der Waals surface area contributed by atoms with Crippen molar-refractivity contribution in [1.29, 1.82) is 0 Å². The number of rotatable bonds is 8. The van der Waals surface area contributed by atoms with E-state index in [1.807, 2.05) is 6.92 Å². The molecule has 0 amide bonds.